The molecule has 0 unspecified atom stereocenters. The maximum absolute atomic E-state index is 11.0. The van der Waals surface area contributed by atoms with Crippen molar-refractivity contribution in [2.45, 2.75) is 39.0 Å². The van der Waals surface area contributed by atoms with Crippen molar-refractivity contribution >= 4 is 5.91 Å². The fraction of sp³-hybridized carbons (Fsp3) is 0.571. The normalized spacial score (nSPS) is 10.1. The third-order valence-corrected chi connectivity index (χ3v) is 2.60. The van der Waals surface area contributed by atoms with Crippen LogP contribution >= 0.6 is 0 Å². The quantitative estimate of drug-likeness (QED) is 0.685. The molecular weight excluding hydrogens is 228 g/mol. The number of ether oxygens (including phenoxy) is 1. The molecule has 0 aromatic carbocycles. The Morgan fingerprint density at radius 3 is 2.83 bits per heavy atom. The third-order valence-electron chi connectivity index (χ3n) is 2.60. The van der Waals surface area contributed by atoms with Crippen molar-refractivity contribution in [3.63, 3.8) is 0 Å². The van der Waals surface area contributed by atoms with Crippen LogP contribution in [0.4, 0.5) is 0 Å². The summed E-state index contributed by atoms with van der Waals surface area (Å²) in [7, 11) is 0. The number of unbranched alkanes of at least 4 members (excludes halogenated alkanes) is 3. The zero-order chi connectivity index (χ0) is 13.1. The maximum Gasteiger partial charge on any atom is 0.219 e. The average Bonchev–Trinajstić information content (AvgIpc) is 2.42. The van der Waals surface area contributed by atoms with E-state index in [1.54, 1.807) is 6.20 Å². The van der Waals surface area contributed by atoms with Crippen molar-refractivity contribution in [1.82, 2.24) is 10.3 Å². The second kappa shape index (κ2) is 9.45. The molecule has 1 N–H and O–H groups in total. The summed E-state index contributed by atoms with van der Waals surface area (Å²) in [4.78, 5) is 15.1. The number of hydrogen-bond acceptors (Lipinski definition) is 3. The third kappa shape index (κ3) is 6.89. The van der Waals surface area contributed by atoms with Gasteiger partial charge in [0.15, 0.2) is 0 Å². The largest absolute Gasteiger partial charge is 0.478 e. The predicted molar refractivity (Wildman–Crippen MR) is 71.5 cm³/mol. The summed E-state index contributed by atoms with van der Waals surface area (Å²) in [5, 5.41) is 2.87. The lowest BCUT2D eigenvalue weighted by atomic mass is 10.2. The topological polar surface area (TPSA) is 51.2 Å². The van der Waals surface area contributed by atoms with Gasteiger partial charge in [-0.3, -0.25) is 4.79 Å². The van der Waals surface area contributed by atoms with E-state index in [-0.39, 0.29) is 5.91 Å². The Morgan fingerprint density at radius 1 is 1.28 bits per heavy atom. The van der Waals surface area contributed by atoms with Crippen LogP contribution < -0.4 is 10.1 Å². The molecule has 0 radical (unpaired) electrons. The van der Waals surface area contributed by atoms with Crippen LogP contribution in [-0.2, 0) is 4.79 Å². The highest BCUT2D eigenvalue weighted by molar-refractivity contribution is 5.75. The van der Waals surface area contributed by atoms with E-state index >= 15 is 0 Å². The molecule has 1 aromatic rings. The van der Waals surface area contributed by atoms with Gasteiger partial charge in [0.2, 0.25) is 11.8 Å². The highest BCUT2D eigenvalue weighted by Gasteiger charge is 1.96. The minimum absolute atomic E-state index is 0.133. The Kier molecular flexibility index (Phi) is 7.60. The minimum Gasteiger partial charge on any atom is -0.478 e. The fourth-order valence-corrected chi connectivity index (χ4v) is 1.54. The molecule has 0 atom stereocenters. The van der Waals surface area contributed by atoms with Gasteiger partial charge in [0, 0.05) is 25.2 Å². The molecule has 18 heavy (non-hydrogen) atoms. The van der Waals surface area contributed by atoms with Crippen molar-refractivity contribution in [3.05, 3.63) is 24.4 Å². The molecule has 0 bridgehead atoms. The number of aromatic nitrogens is 1. The highest BCUT2D eigenvalue weighted by Crippen LogP contribution is 2.05. The predicted octanol–water partition coefficient (Wildman–Crippen LogP) is 2.55. The highest BCUT2D eigenvalue weighted by atomic mass is 16.5. The molecule has 1 heterocycles. The number of rotatable bonds is 9. The number of carbonyl (C=O) groups is 1. The monoisotopic (exact) mass is 250 g/mol. The van der Waals surface area contributed by atoms with Crippen molar-refractivity contribution in [3.8, 4) is 5.88 Å². The van der Waals surface area contributed by atoms with E-state index in [0.717, 1.165) is 32.2 Å². The van der Waals surface area contributed by atoms with Crippen LogP contribution in [0.15, 0.2) is 24.4 Å². The van der Waals surface area contributed by atoms with Crippen molar-refractivity contribution in [1.29, 1.82) is 0 Å². The lowest BCUT2D eigenvalue weighted by Gasteiger charge is -2.05. The van der Waals surface area contributed by atoms with Gasteiger partial charge >= 0.3 is 0 Å². The lowest BCUT2D eigenvalue weighted by molar-refractivity contribution is -0.120. The molecule has 0 saturated carbocycles. The van der Waals surface area contributed by atoms with E-state index in [9.17, 15) is 4.79 Å². The Bertz CT molecular complexity index is 328. The van der Waals surface area contributed by atoms with Crippen LogP contribution in [0, 0.1) is 0 Å². The van der Waals surface area contributed by atoms with Crippen LogP contribution in [-0.4, -0.2) is 24.0 Å². The first-order chi connectivity index (χ1) is 8.83. The van der Waals surface area contributed by atoms with Gasteiger partial charge in [0.25, 0.3) is 0 Å². The number of pyridine rings is 1. The number of carbonyl (C=O) groups excluding carboxylic acids is 1. The zero-order valence-electron chi connectivity index (χ0n) is 11.0. The molecule has 0 aliphatic heterocycles. The van der Waals surface area contributed by atoms with Gasteiger partial charge in [-0.2, -0.15) is 0 Å². The Morgan fingerprint density at radius 2 is 2.11 bits per heavy atom. The average molecular weight is 250 g/mol. The molecule has 0 spiro atoms. The summed E-state index contributed by atoms with van der Waals surface area (Å²) < 4.78 is 5.49. The maximum atomic E-state index is 11.0. The number of nitrogens with one attached hydrogen (secondary N) is 1. The Labute approximate surface area is 109 Å². The SMILES string of the molecule is CCC(=O)NCCCCCCOc1ccccn1. The van der Waals surface area contributed by atoms with Crippen molar-refractivity contribution in [2.75, 3.05) is 13.2 Å². The van der Waals surface area contributed by atoms with E-state index in [2.05, 4.69) is 10.3 Å². The summed E-state index contributed by atoms with van der Waals surface area (Å²) in [5.74, 6) is 0.821. The van der Waals surface area contributed by atoms with E-state index in [0.29, 0.717) is 18.9 Å². The van der Waals surface area contributed by atoms with Gasteiger partial charge in [-0.25, -0.2) is 4.98 Å². The van der Waals surface area contributed by atoms with Gasteiger partial charge < -0.3 is 10.1 Å². The van der Waals surface area contributed by atoms with E-state index in [1.807, 2.05) is 25.1 Å². The van der Waals surface area contributed by atoms with Gasteiger partial charge in [-0.05, 0) is 18.9 Å². The second-order valence-electron chi connectivity index (χ2n) is 4.13. The summed E-state index contributed by atoms with van der Waals surface area (Å²) in [5.41, 5.74) is 0. The van der Waals surface area contributed by atoms with Crippen molar-refractivity contribution < 1.29 is 9.53 Å². The molecule has 0 aliphatic rings. The van der Waals surface area contributed by atoms with E-state index in [1.165, 1.54) is 0 Å². The summed E-state index contributed by atoms with van der Waals surface area (Å²) in [6.07, 6.45) is 6.60. The molecular formula is C14H22N2O2. The van der Waals surface area contributed by atoms with Crippen LogP contribution in [0.2, 0.25) is 0 Å². The van der Waals surface area contributed by atoms with Gasteiger partial charge in [-0.1, -0.05) is 25.8 Å². The molecule has 4 nitrogen and oxygen atoms in total. The first-order valence-electron chi connectivity index (χ1n) is 6.63. The first-order valence-corrected chi connectivity index (χ1v) is 6.63. The molecule has 0 fully saturated rings. The first kappa shape index (κ1) is 14.5. The Hall–Kier alpha value is -1.58. The van der Waals surface area contributed by atoms with E-state index < -0.39 is 0 Å². The van der Waals surface area contributed by atoms with Gasteiger partial charge in [-0.15, -0.1) is 0 Å². The molecule has 0 aliphatic carbocycles. The molecule has 0 saturated heterocycles. The van der Waals surface area contributed by atoms with Gasteiger partial charge in [0.05, 0.1) is 6.61 Å². The number of amides is 1. The fourth-order valence-electron chi connectivity index (χ4n) is 1.54. The lowest BCUT2D eigenvalue weighted by Crippen LogP contribution is -2.23. The standard InChI is InChI=1S/C14H22N2O2/c1-2-13(17)15-10-6-3-4-8-12-18-14-9-5-7-11-16-14/h5,7,9,11H,2-4,6,8,10,12H2,1H3,(H,15,17). The minimum atomic E-state index is 0.133. The molecule has 1 rings (SSSR count). The molecule has 1 amide bonds. The van der Waals surface area contributed by atoms with Crippen LogP contribution in [0.3, 0.4) is 0 Å². The van der Waals surface area contributed by atoms with E-state index in [4.69, 9.17) is 4.74 Å². The zero-order valence-corrected chi connectivity index (χ0v) is 11.0. The second-order valence-corrected chi connectivity index (χ2v) is 4.13. The van der Waals surface area contributed by atoms with Crippen LogP contribution in [0.1, 0.15) is 39.0 Å². The number of nitrogens with zero attached hydrogens (tertiary/aromatic N) is 1. The molecule has 1 aromatic heterocycles. The molecule has 100 valence electrons. The number of hydrogen-bond donors (Lipinski definition) is 1. The van der Waals surface area contributed by atoms with Crippen LogP contribution in [0.25, 0.3) is 0 Å². The smallest absolute Gasteiger partial charge is 0.219 e. The summed E-state index contributed by atoms with van der Waals surface area (Å²) in [6.45, 7) is 3.36. The van der Waals surface area contributed by atoms with Gasteiger partial charge in [0.1, 0.15) is 0 Å². The molecule has 4 heteroatoms. The summed E-state index contributed by atoms with van der Waals surface area (Å²) in [6, 6.07) is 5.65. The van der Waals surface area contributed by atoms with Crippen LogP contribution in [0.5, 0.6) is 5.88 Å². The summed E-state index contributed by atoms with van der Waals surface area (Å²) >= 11 is 0. The van der Waals surface area contributed by atoms with Crippen molar-refractivity contribution in [2.24, 2.45) is 0 Å². The Balaban J connectivity index is 1.89.